The average Bonchev–Trinajstić information content (AvgIpc) is 2.73. The normalized spacial score (nSPS) is 11.7. The number of carbonyl (C=O) groups excluding carboxylic acids is 4. The highest BCUT2D eigenvalue weighted by Crippen LogP contribution is 2.15. The van der Waals surface area contributed by atoms with Crippen LogP contribution in [0.2, 0.25) is 0 Å². The molecule has 1 aromatic rings. The maximum atomic E-state index is 12.5. The first-order valence-electron chi connectivity index (χ1n) is 11.7. The second-order valence-corrected chi connectivity index (χ2v) is 9.51. The summed E-state index contributed by atoms with van der Waals surface area (Å²) in [6, 6.07) is 4.85. The molecule has 10 nitrogen and oxygen atoms in total. The van der Waals surface area contributed by atoms with Gasteiger partial charge in [-0.05, 0) is 42.4 Å². The zero-order chi connectivity index (χ0) is 25.7. The highest BCUT2D eigenvalue weighted by Gasteiger charge is 2.22. The predicted molar refractivity (Wildman–Crippen MR) is 135 cm³/mol. The molecule has 190 valence electrons. The zero-order valence-corrected chi connectivity index (χ0v) is 21.1. The number of rotatable bonds is 12. The van der Waals surface area contributed by atoms with Gasteiger partial charge >= 0.3 is 12.1 Å². The van der Waals surface area contributed by atoms with E-state index in [1.807, 2.05) is 41.5 Å². The van der Waals surface area contributed by atoms with Crippen LogP contribution >= 0.6 is 0 Å². The highest BCUT2D eigenvalue weighted by molar-refractivity contribution is 5.95. The van der Waals surface area contributed by atoms with Crippen molar-refractivity contribution in [2.24, 2.45) is 17.8 Å². The third-order valence-corrected chi connectivity index (χ3v) is 4.51. The number of carbonyl (C=O) groups is 4. The average molecular weight is 477 g/mol. The molecule has 6 N–H and O–H groups in total. The van der Waals surface area contributed by atoms with Crippen LogP contribution in [0.5, 0.6) is 0 Å². The van der Waals surface area contributed by atoms with E-state index in [2.05, 4.69) is 31.9 Å². The van der Waals surface area contributed by atoms with Crippen molar-refractivity contribution in [1.82, 2.24) is 21.3 Å². The van der Waals surface area contributed by atoms with Crippen molar-refractivity contribution in [3.05, 3.63) is 24.3 Å². The first-order valence-corrected chi connectivity index (χ1v) is 11.7. The molecule has 0 radical (unpaired) electrons. The third-order valence-electron chi connectivity index (χ3n) is 4.51. The Balaban J connectivity index is 2.62. The smallest absolute Gasteiger partial charge is 0.319 e. The summed E-state index contributed by atoms with van der Waals surface area (Å²) in [6.07, 6.45) is 0.504. The molecular formula is C24H40N6O4. The molecule has 6 amide bonds. The van der Waals surface area contributed by atoms with Gasteiger partial charge in [0.05, 0.1) is 6.54 Å². The SMILES string of the molecule is CC(C)CNC(=O)CNC(=O)Nc1cccc(NC(=O)N[C@@H](CC(C)C)C(=O)NCC(C)C)c1. The summed E-state index contributed by atoms with van der Waals surface area (Å²) in [5, 5.41) is 16.1. The second kappa shape index (κ2) is 14.8. The van der Waals surface area contributed by atoms with E-state index in [1.165, 1.54) is 0 Å². The van der Waals surface area contributed by atoms with E-state index < -0.39 is 18.1 Å². The molecule has 0 saturated heterocycles. The Bertz CT molecular complexity index is 825. The number of amides is 6. The van der Waals surface area contributed by atoms with Crippen molar-refractivity contribution < 1.29 is 19.2 Å². The van der Waals surface area contributed by atoms with Crippen molar-refractivity contribution in [3.63, 3.8) is 0 Å². The van der Waals surface area contributed by atoms with E-state index in [9.17, 15) is 19.2 Å². The van der Waals surface area contributed by atoms with Gasteiger partial charge < -0.3 is 31.9 Å². The van der Waals surface area contributed by atoms with Gasteiger partial charge in [-0.2, -0.15) is 0 Å². The lowest BCUT2D eigenvalue weighted by Crippen LogP contribution is -2.49. The van der Waals surface area contributed by atoms with Crippen molar-refractivity contribution in [2.45, 2.75) is 54.0 Å². The number of nitrogens with one attached hydrogen (secondary N) is 6. The monoisotopic (exact) mass is 476 g/mol. The van der Waals surface area contributed by atoms with Crippen LogP contribution in [0.3, 0.4) is 0 Å². The molecular weight excluding hydrogens is 436 g/mol. The zero-order valence-electron chi connectivity index (χ0n) is 21.1. The lowest BCUT2D eigenvalue weighted by atomic mass is 10.0. The minimum Gasteiger partial charge on any atom is -0.354 e. The van der Waals surface area contributed by atoms with Crippen LogP contribution in [0.4, 0.5) is 21.0 Å². The molecule has 1 aromatic carbocycles. The highest BCUT2D eigenvalue weighted by atomic mass is 16.2. The van der Waals surface area contributed by atoms with Gasteiger partial charge in [0.1, 0.15) is 6.04 Å². The standard InChI is InChI=1S/C24H40N6O4/c1-15(2)10-20(22(32)26-13-17(5)6)30-24(34)29-19-9-7-8-18(11-19)28-23(33)27-14-21(31)25-12-16(3)4/h7-9,11,15-17,20H,10,12-14H2,1-6H3,(H,25,31)(H,26,32)(H2,27,28,33)(H2,29,30,34)/t20-/m0/s1. The predicted octanol–water partition coefficient (Wildman–Crippen LogP) is 2.89. The number of anilines is 2. The fourth-order valence-corrected chi connectivity index (χ4v) is 2.85. The molecule has 34 heavy (non-hydrogen) atoms. The summed E-state index contributed by atoms with van der Waals surface area (Å²) >= 11 is 0. The fourth-order valence-electron chi connectivity index (χ4n) is 2.85. The lowest BCUT2D eigenvalue weighted by Gasteiger charge is -2.21. The maximum Gasteiger partial charge on any atom is 0.319 e. The van der Waals surface area contributed by atoms with Crippen molar-refractivity contribution in [3.8, 4) is 0 Å². The van der Waals surface area contributed by atoms with Gasteiger partial charge in [-0.25, -0.2) is 9.59 Å². The molecule has 1 atom stereocenters. The molecule has 1 rings (SSSR count). The van der Waals surface area contributed by atoms with Gasteiger partial charge in [-0.1, -0.05) is 47.6 Å². The Morgan fingerprint density at radius 2 is 1.29 bits per heavy atom. The molecule has 0 heterocycles. The molecule has 0 aliphatic rings. The van der Waals surface area contributed by atoms with E-state index in [0.29, 0.717) is 42.7 Å². The molecule has 10 heteroatoms. The summed E-state index contributed by atoms with van der Waals surface area (Å²) in [5.41, 5.74) is 0.877. The summed E-state index contributed by atoms with van der Waals surface area (Å²) in [7, 11) is 0. The van der Waals surface area contributed by atoms with E-state index in [1.54, 1.807) is 24.3 Å². The van der Waals surface area contributed by atoms with Crippen molar-refractivity contribution >= 4 is 35.3 Å². The molecule has 0 unspecified atom stereocenters. The summed E-state index contributed by atoms with van der Waals surface area (Å²) in [5.74, 6) is 0.347. The Morgan fingerprint density at radius 3 is 1.85 bits per heavy atom. The first kappa shape index (κ1) is 28.7. The van der Waals surface area contributed by atoms with Gasteiger partial charge in [0.25, 0.3) is 0 Å². The molecule has 0 aliphatic heterocycles. The summed E-state index contributed by atoms with van der Waals surface area (Å²) in [6.45, 7) is 12.9. The number of urea groups is 2. The van der Waals surface area contributed by atoms with Gasteiger partial charge in [-0.3, -0.25) is 9.59 Å². The fraction of sp³-hybridized carbons (Fsp3) is 0.583. The Morgan fingerprint density at radius 1 is 0.735 bits per heavy atom. The lowest BCUT2D eigenvalue weighted by molar-refractivity contribution is -0.123. The van der Waals surface area contributed by atoms with Crippen molar-refractivity contribution in [2.75, 3.05) is 30.3 Å². The van der Waals surface area contributed by atoms with Crippen LogP contribution < -0.4 is 31.9 Å². The van der Waals surface area contributed by atoms with E-state index in [-0.39, 0.29) is 24.3 Å². The minimum atomic E-state index is -0.660. The number of hydrogen-bond donors (Lipinski definition) is 6. The van der Waals surface area contributed by atoms with E-state index >= 15 is 0 Å². The Hall–Kier alpha value is -3.30. The topological polar surface area (TPSA) is 140 Å². The second-order valence-electron chi connectivity index (χ2n) is 9.51. The quantitative estimate of drug-likeness (QED) is 0.276. The van der Waals surface area contributed by atoms with Crippen LogP contribution in [0.25, 0.3) is 0 Å². The minimum absolute atomic E-state index is 0.144. The number of hydrogen-bond acceptors (Lipinski definition) is 4. The molecule has 0 saturated carbocycles. The van der Waals surface area contributed by atoms with Gasteiger partial charge in [-0.15, -0.1) is 0 Å². The maximum absolute atomic E-state index is 12.5. The summed E-state index contributed by atoms with van der Waals surface area (Å²) < 4.78 is 0. The van der Waals surface area contributed by atoms with Crippen LogP contribution in [0.15, 0.2) is 24.3 Å². The van der Waals surface area contributed by atoms with E-state index in [4.69, 9.17) is 0 Å². The van der Waals surface area contributed by atoms with E-state index in [0.717, 1.165) is 0 Å². The first-order chi connectivity index (χ1) is 16.0. The largest absolute Gasteiger partial charge is 0.354 e. The number of benzene rings is 1. The molecule has 0 aliphatic carbocycles. The molecule has 0 bridgehead atoms. The van der Waals surface area contributed by atoms with Gasteiger partial charge in [0, 0.05) is 24.5 Å². The molecule has 0 aromatic heterocycles. The molecule has 0 spiro atoms. The molecule has 0 fully saturated rings. The van der Waals surface area contributed by atoms with Gasteiger partial charge in [0.15, 0.2) is 0 Å². The van der Waals surface area contributed by atoms with Crippen LogP contribution in [0.1, 0.15) is 48.0 Å². The Kier molecular flexibility index (Phi) is 12.5. The summed E-state index contributed by atoms with van der Waals surface area (Å²) in [4.78, 5) is 48.8. The van der Waals surface area contributed by atoms with Gasteiger partial charge in [0.2, 0.25) is 11.8 Å². The van der Waals surface area contributed by atoms with Crippen LogP contribution in [0, 0.1) is 17.8 Å². The Labute approximate surface area is 202 Å². The third kappa shape index (κ3) is 12.7. The van der Waals surface area contributed by atoms with Crippen LogP contribution in [-0.2, 0) is 9.59 Å². The van der Waals surface area contributed by atoms with Crippen LogP contribution in [-0.4, -0.2) is 49.6 Å². The van der Waals surface area contributed by atoms with Crippen molar-refractivity contribution in [1.29, 1.82) is 0 Å².